The van der Waals surface area contributed by atoms with Crippen LogP contribution in [-0.2, 0) is 6.42 Å². The summed E-state index contributed by atoms with van der Waals surface area (Å²) in [5.74, 6) is 1.09. The Kier molecular flexibility index (Phi) is 4.21. The minimum atomic E-state index is -0.152. The predicted octanol–water partition coefficient (Wildman–Crippen LogP) is 3.89. The van der Waals surface area contributed by atoms with Crippen molar-refractivity contribution in [3.05, 3.63) is 34.1 Å². The second-order valence-corrected chi connectivity index (χ2v) is 6.09. The average molecular weight is 300 g/mol. The number of halogens is 2. The summed E-state index contributed by atoms with van der Waals surface area (Å²) in [6.07, 6.45) is 4.37. The van der Waals surface area contributed by atoms with Crippen LogP contribution in [0.15, 0.2) is 22.7 Å². The van der Waals surface area contributed by atoms with Gasteiger partial charge in [-0.05, 0) is 42.4 Å². The van der Waals surface area contributed by atoms with Crippen LogP contribution in [0.5, 0.6) is 0 Å². The lowest BCUT2D eigenvalue weighted by Gasteiger charge is -2.23. The van der Waals surface area contributed by atoms with E-state index in [4.69, 9.17) is 5.73 Å². The molecule has 1 aliphatic rings. The molecular formula is C14H19BrFN. The van der Waals surface area contributed by atoms with Crippen LogP contribution in [0.2, 0.25) is 0 Å². The third-order valence-corrected chi connectivity index (χ3v) is 4.44. The summed E-state index contributed by atoms with van der Waals surface area (Å²) in [6.45, 7) is 2.26. The standard InChI is InChI=1S/C14H19BrFN/c1-9-3-2-4-12(9)14(17)7-10-5-6-11(15)8-13(10)16/h5-6,8-9,12,14H,2-4,7,17H2,1H3. The summed E-state index contributed by atoms with van der Waals surface area (Å²) in [5, 5.41) is 0. The molecule has 3 heteroatoms. The smallest absolute Gasteiger partial charge is 0.127 e. The first-order valence-electron chi connectivity index (χ1n) is 6.27. The molecule has 1 aromatic carbocycles. The van der Waals surface area contributed by atoms with Crippen LogP contribution in [0.3, 0.4) is 0 Å². The average Bonchev–Trinajstić information content (AvgIpc) is 2.68. The first-order chi connectivity index (χ1) is 8.08. The monoisotopic (exact) mass is 299 g/mol. The highest BCUT2D eigenvalue weighted by Crippen LogP contribution is 2.34. The zero-order valence-electron chi connectivity index (χ0n) is 10.1. The van der Waals surface area contributed by atoms with E-state index in [1.54, 1.807) is 0 Å². The van der Waals surface area contributed by atoms with Crippen molar-refractivity contribution in [3.8, 4) is 0 Å². The molecule has 0 bridgehead atoms. The third kappa shape index (κ3) is 3.08. The molecule has 3 atom stereocenters. The molecule has 2 N–H and O–H groups in total. The maximum absolute atomic E-state index is 13.7. The highest BCUT2D eigenvalue weighted by atomic mass is 79.9. The van der Waals surface area contributed by atoms with E-state index in [1.807, 2.05) is 12.1 Å². The fraction of sp³-hybridized carbons (Fsp3) is 0.571. The summed E-state index contributed by atoms with van der Waals surface area (Å²) in [7, 11) is 0. The predicted molar refractivity (Wildman–Crippen MR) is 72.3 cm³/mol. The molecule has 1 aromatic rings. The first-order valence-corrected chi connectivity index (χ1v) is 7.06. The van der Waals surface area contributed by atoms with Crippen LogP contribution >= 0.6 is 15.9 Å². The van der Waals surface area contributed by atoms with Crippen molar-refractivity contribution in [1.29, 1.82) is 0 Å². The molecule has 0 radical (unpaired) electrons. The van der Waals surface area contributed by atoms with Crippen molar-refractivity contribution in [3.63, 3.8) is 0 Å². The van der Waals surface area contributed by atoms with Gasteiger partial charge in [0.2, 0.25) is 0 Å². The van der Waals surface area contributed by atoms with E-state index < -0.39 is 0 Å². The topological polar surface area (TPSA) is 26.0 Å². The fourth-order valence-corrected chi connectivity index (χ4v) is 3.24. The van der Waals surface area contributed by atoms with E-state index in [1.165, 1.54) is 25.3 Å². The quantitative estimate of drug-likeness (QED) is 0.900. The Morgan fingerprint density at radius 2 is 2.24 bits per heavy atom. The van der Waals surface area contributed by atoms with Gasteiger partial charge in [-0.3, -0.25) is 0 Å². The molecule has 0 saturated heterocycles. The Balaban J connectivity index is 2.04. The van der Waals surface area contributed by atoms with Crippen molar-refractivity contribution < 1.29 is 4.39 Å². The first kappa shape index (κ1) is 13.0. The van der Waals surface area contributed by atoms with Gasteiger partial charge in [0.15, 0.2) is 0 Å². The van der Waals surface area contributed by atoms with Gasteiger partial charge in [-0.1, -0.05) is 41.8 Å². The minimum Gasteiger partial charge on any atom is -0.327 e. The SMILES string of the molecule is CC1CCCC1C(N)Cc1ccc(Br)cc1F. The molecule has 3 unspecified atom stereocenters. The molecule has 94 valence electrons. The lowest BCUT2D eigenvalue weighted by molar-refractivity contribution is 0.341. The van der Waals surface area contributed by atoms with E-state index in [9.17, 15) is 4.39 Å². The van der Waals surface area contributed by atoms with Gasteiger partial charge in [0.1, 0.15) is 5.82 Å². The van der Waals surface area contributed by atoms with Gasteiger partial charge < -0.3 is 5.73 Å². The minimum absolute atomic E-state index is 0.0863. The molecule has 0 heterocycles. The maximum Gasteiger partial charge on any atom is 0.127 e. The summed E-state index contributed by atoms with van der Waals surface area (Å²) >= 11 is 3.27. The molecule has 1 nitrogen and oxygen atoms in total. The second kappa shape index (κ2) is 5.49. The molecule has 0 aliphatic heterocycles. The van der Waals surface area contributed by atoms with Crippen molar-refractivity contribution >= 4 is 15.9 Å². The highest BCUT2D eigenvalue weighted by Gasteiger charge is 2.29. The van der Waals surface area contributed by atoms with Crippen LogP contribution in [-0.4, -0.2) is 6.04 Å². The number of hydrogen-bond acceptors (Lipinski definition) is 1. The molecule has 1 fully saturated rings. The molecule has 1 saturated carbocycles. The Morgan fingerprint density at radius 1 is 1.47 bits per heavy atom. The van der Waals surface area contributed by atoms with E-state index >= 15 is 0 Å². The summed E-state index contributed by atoms with van der Waals surface area (Å²) < 4.78 is 14.5. The van der Waals surface area contributed by atoms with Gasteiger partial charge in [-0.15, -0.1) is 0 Å². The van der Waals surface area contributed by atoms with Crippen LogP contribution in [0, 0.1) is 17.7 Å². The maximum atomic E-state index is 13.7. The molecule has 17 heavy (non-hydrogen) atoms. The van der Waals surface area contributed by atoms with Crippen molar-refractivity contribution in [2.75, 3.05) is 0 Å². The van der Waals surface area contributed by atoms with E-state index in [-0.39, 0.29) is 11.9 Å². The Morgan fingerprint density at radius 3 is 2.82 bits per heavy atom. The highest BCUT2D eigenvalue weighted by molar-refractivity contribution is 9.10. The van der Waals surface area contributed by atoms with Crippen LogP contribution < -0.4 is 5.73 Å². The van der Waals surface area contributed by atoms with E-state index in [0.29, 0.717) is 18.3 Å². The van der Waals surface area contributed by atoms with Crippen LogP contribution in [0.4, 0.5) is 4.39 Å². The molecule has 0 amide bonds. The van der Waals surface area contributed by atoms with Gasteiger partial charge in [0.05, 0.1) is 0 Å². The molecule has 0 spiro atoms. The van der Waals surface area contributed by atoms with Gasteiger partial charge in [-0.2, -0.15) is 0 Å². The van der Waals surface area contributed by atoms with Crippen molar-refractivity contribution in [2.24, 2.45) is 17.6 Å². The lowest BCUT2D eigenvalue weighted by atomic mass is 9.87. The molecule has 2 rings (SSSR count). The van der Waals surface area contributed by atoms with Crippen molar-refractivity contribution in [2.45, 2.75) is 38.6 Å². The van der Waals surface area contributed by atoms with Crippen LogP contribution in [0.25, 0.3) is 0 Å². The van der Waals surface area contributed by atoms with E-state index in [0.717, 1.165) is 10.0 Å². The largest absolute Gasteiger partial charge is 0.327 e. The summed E-state index contributed by atoms with van der Waals surface area (Å²) in [4.78, 5) is 0. The molecular weight excluding hydrogens is 281 g/mol. The summed E-state index contributed by atoms with van der Waals surface area (Å²) in [5.41, 5.74) is 6.97. The zero-order valence-corrected chi connectivity index (χ0v) is 11.7. The normalized spacial score (nSPS) is 26.1. The van der Waals surface area contributed by atoms with Crippen LogP contribution in [0.1, 0.15) is 31.7 Å². The number of rotatable bonds is 3. The van der Waals surface area contributed by atoms with E-state index in [2.05, 4.69) is 22.9 Å². The number of hydrogen-bond donors (Lipinski definition) is 1. The Labute approximate surface area is 111 Å². The number of benzene rings is 1. The zero-order chi connectivity index (χ0) is 12.4. The van der Waals surface area contributed by atoms with Gasteiger partial charge >= 0.3 is 0 Å². The fourth-order valence-electron chi connectivity index (χ4n) is 2.90. The number of nitrogens with two attached hydrogens (primary N) is 1. The third-order valence-electron chi connectivity index (χ3n) is 3.95. The van der Waals surface area contributed by atoms with Gasteiger partial charge in [-0.25, -0.2) is 4.39 Å². The molecule has 0 aromatic heterocycles. The Hall–Kier alpha value is -0.410. The Bertz CT molecular complexity index is 394. The van der Waals surface area contributed by atoms with Gasteiger partial charge in [0, 0.05) is 10.5 Å². The second-order valence-electron chi connectivity index (χ2n) is 5.18. The van der Waals surface area contributed by atoms with Gasteiger partial charge in [0.25, 0.3) is 0 Å². The lowest BCUT2D eigenvalue weighted by Crippen LogP contribution is -2.34. The van der Waals surface area contributed by atoms with Crippen molar-refractivity contribution in [1.82, 2.24) is 0 Å². The molecule has 1 aliphatic carbocycles. The summed E-state index contributed by atoms with van der Waals surface area (Å²) in [6, 6.07) is 5.31.